The summed E-state index contributed by atoms with van der Waals surface area (Å²) in [6, 6.07) is 10.0. The van der Waals surface area contributed by atoms with Gasteiger partial charge < -0.3 is 4.74 Å². The quantitative estimate of drug-likeness (QED) is 0.568. The van der Waals surface area contributed by atoms with E-state index in [0.717, 1.165) is 0 Å². The van der Waals surface area contributed by atoms with Crippen LogP contribution in [0.15, 0.2) is 41.5 Å². The van der Waals surface area contributed by atoms with E-state index in [1.54, 1.807) is 36.4 Å². The number of benzene rings is 2. The van der Waals surface area contributed by atoms with Crippen LogP contribution in [-0.2, 0) is 0 Å². The Morgan fingerprint density at radius 2 is 1.75 bits per heavy atom. The predicted octanol–water partition coefficient (Wildman–Crippen LogP) is 5.20. The summed E-state index contributed by atoms with van der Waals surface area (Å²) in [6.45, 7) is 3.76. The topological polar surface area (TPSA) is 50.7 Å². The molecule has 0 aliphatic carbocycles. The molecule has 7 heteroatoms. The van der Waals surface area contributed by atoms with Crippen LogP contribution in [0, 0.1) is 0 Å². The average molecular weight is 386 g/mol. The molecule has 0 aliphatic heterocycles. The van der Waals surface area contributed by atoms with E-state index >= 15 is 0 Å². The molecule has 0 saturated heterocycles. The fourth-order valence-corrected chi connectivity index (χ4v) is 2.69. The second-order valence-electron chi connectivity index (χ2n) is 5.16. The molecule has 0 fully saturated rings. The Kier molecular flexibility index (Phi) is 6.49. The largest absolute Gasteiger partial charge is 0.488 e. The van der Waals surface area contributed by atoms with Gasteiger partial charge in [-0.1, -0.05) is 46.9 Å². The highest BCUT2D eigenvalue weighted by Gasteiger charge is 2.11. The minimum Gasteiger partial charge on any atom is -0.488 e. The first-order valence-corrected chi connectivity index (χ1v) is 8.25. The molecule has 24 heavy (non-hydrogen) atoms. The van der Waals surface area contributed by atoms with E-state index in [1.807, 2.05) is 13.8 Å². The molecule has 2 rings (SSSR count). The summed E-state index contributed by atoms with van der Waals surface area (Å²) in [5.74, 6) is 0.0133. The minimum atomic E-state index is -0.409. The summed E-state index contributed by atoms with van der Waals surface area (Å²) in [5.41, 5.74) is 3.37. The van der Waals surface area contributed by atoms with Crippen LogP contribution in [0.4, 0.5) is 0 Å². The molecule has 0 atom stereocenters. The molecule has 0 unspecified atom stereocenters. The highest BCUT2D eigenvalue weighted by atomic mass is 35.5. The number of nitrogens with one attached hydrogen (secondary N) is 1. The van der Waals surface area contributed by atoms with Crippen molar-refractivity contribution in [3.8, 4) is 5.75 Å². The third-order valence-corrected chi connectivity index (χ3v) is 3.76. The number of hydrazone groups is 1. The van der Waals surface area contributed by atoms with E-state index in [2.05, 4.69) is 10.5 Å². The first-order valence-electron chi connectivity index (χ1n) is 7.12. The Morgan fingerprint density at radius 3 is 2.33 bits per heavy atom. The predicted molar refractivity (Wildman–Crippen MR) is 98.7 cm³/mol. The van der Waals surface area contributed by atoms with Gasteiger partial charge in [0.05, 0.1) is 32.9 Å². The second-order valence-corrected chi connectivity index (χ2v) is 6.38. The molecule has 0 saturated carbocycles. The molecular formula is C17H15Cl3N2O2. The van der Waals surface area contributed by atoms with Crippen LogP contribution in [0.25, 0.3) is 0 Å². The third kappa shape index (κ3) is 4.87. The van der Waals surface area contributed by atoms with Gasteiger partial charge >= 0.3 is 0 Å². The maximum atomic E-state index is 12.0. The van der Waals surface area contributed by atoms with E-state index in [1.165, 1.54) is 6.21 Å². The van der Waals surface area contributed by atoms with Gasteiger partial charge in [0.25, 0.3) is 5.91 Å². The molecule has 0 spiro atoms. The fourth-order valence-electron chi connectivity index (χ4n) is 1.87. The number of carbonyl (C=O) groups excluding carboxylic acids is 1. The third-order valence-electron chi connectivity index (χ3n) is 2.87. The molecule has 0 bridgehead atoms. The lowest BCUT2D eigenvalue weighted by atomic mass is 10.2. The molecule has 0 aliphatic rings. The maximum Gasteiger partial charge on any atom is 0.272 e. The van der Waals surface area contributed by atoms with Crippen molar-refractivity contribution in [3.63, 3.8) is 0 Å². The Balaban J connectivity index is 2.10. The first-order chi connectivity index (χ1) is 11.4. The highest BCUT2D eigenvalue weighted by molar-refractivity contribution is 6.37. The SMILES string of the molecule is CC(C)Oc1c(Cl)cc(/C=N\NC(=O)c2ccccc2Cl)cc1Cl. The molecule has 126 valence electrons. The molecule has 2 aromatic carbocycles. The Hall–Kier alpha value is -1.75. The van der Waals surface area contributed by atoms with Crippen molar-refractivity contribution in [2.75, 3.05) is 0 Å². The monoisotopic (exact) mass is 384 g/mol. The second kappa shape index (κ2) is 8.38. The van der Waals surface area contributed by atoms with E-state index in [9.17, 15) is 4.79 Å². The number of hydrogen-bond acceptors (Lipinski definition) is 3. The first kappa shape index (κ1) is 18.6. The number of rotatable bonds is 5. The zero-order valence-corrected chi connectivity index (χ0v) is 15.3. The summed E-state index contributed by atoms with van der Waals surface area (Å²) in [5, 5.41) is 4.98. The van der Waals surface area contributed by atoms with Crippen LogP contribution in [0.5, 0.6) is 5.75 Å². The number of ether oxygens (including phenoxy) is 1. The average Bonchev–Trinajstić information content (AvgIpc) is 2.51. The molecule has 1 amide bonds. The smallest absolute Gasteiger partial charge is 0.272 e. The van der Waals surface area contributed by atoms with Crippen molar-refractivity contribution in [2.24, 2.45) is 5.10 Å². The van der Waals surface area contributed by atoms with Crippen molar-refractivity contribution < 1.29 is 9.53 Å². The Bertz CT molecular complexity index is 753. The number of carbonyl (C=O) groups is 1. The summed E-state index contributed by atoms with van der Waals surface area (Å²) >= 11 is 18.3. The van der Waals surface area contributed by atoms with Gasteiger partial charge in [-0.2, -0.15) is 5.10 Å². The number of hydrogen-bond donors (Lipinski definition) is 1. The highest BCUT2D eigenvalue weighted by Crippen LogP contribution is 2.34. The lowest BCUT2D eigenvalue weighted by Gasteiger charge is -2.13. The van der Waals surface area contributed by atoms with Gasteiger partial charge in [-0.25, -0.2) is 5.43 Å². The van der Waals surface area contributed by atoms with Gasteiger partial charge in [0, 0.05) is 0 Å². The summed E-state index contributed by atoms with van der Waals surface area (Å²) < 4.78 is 5.55. The molecule has 2 aromatic rings. The van der Waals surface area contributed by atoms with Crippen LogP contribution in [0.3, 0.4) is 0 Å². The van der Waals surface area contributed by atoms with Gasteiger partial charge in [0.15, 0.2) is 5.75 Å². The van der Waals surface area contributed by atoms with Crippen molar-refractivity contribution >= 4 is 46.9 Å². The lowest BCUT2D eigenvalue weighted by Crippen LogP contribution is -2.17. The zero-order chi connectivity index (χ0) is 17.7. The van der Waals surface area contributed by atoms with Crippen molar-refractivity contribution in [1.29, 1.82) is 0 Å². The van der Waals surface area contributed by atoms with Crippen LogP contribution >= 0.6 is 34.8 Å². The van der Waals surface area contributed by atoms with Crippen molar-refractivity contribution in [1.82, 2.24) is 5.43 Å². The van der Waals surface area contributed by atoms with Gasteiger partial charge in [-0.05, 0) is 43.7 Å². The van der Waals surface area contributed by atoms with Crippen molar-refractivity contribution in [3.05, 3.63) is 62.6 Å². The maximum absolute atomic E-state index is 12.0. The molecule has 0 radical (unpaired) electrons. The van der Waals surface area contributed by atoms with Gasteiger partial charge in [0.2, 0.25) is 0 Å². The van der Waals surface area contributed by atoms with Crippen molar-refractivity contribution in [2.45, 2.75) is 20.0 Å². The van der Waals surface area contributed by atoms with Gasteiger partial charge in [-0.15, -0.1) is 0 Å². The summed E-state index contributed by atoms with van der Waals surface area (Å²) in [4.78, 5) is 12.0. The van der Waals surface area contributed by atoms with Crippen LogP contribution < -0.4 is 10.2 Å². The van der Waals surface area contributed by atoms with E-state index in [-0.39, 0.29) is 6.10 Å². The summed E-state index contributed by atoms with van der Waals surface area (Å²) in [7, 11) is 0. The molecule has 0 aromatic heterocycles. The summed E-state index contributed by atoms with van der Waals surface area (Å²) in [6.07, 6.45) is 1.39. The van der Waals surface area contributed by atoms with Crippen LogP contribution in [0.2, 0.25) is 15.1 Å². The fraction of sp³-hybridized carbons (Fsp3) is 0.176. The molecule has 0 heterocycles. The van der Waals surface area contributed by atoms with E-state index in [4.69, 9.17) is 39.5 Å². The van der Waals surface area contributed by atoms with Crippen LogP contribution in [0.1, 0.15) is 29.8 Å². The number of amides is 1. The molecule has 1 N–H and O–H groups in total. The van der Waals surface area contributed by atoms with Gasteiger partial charge in [-0.3, -0.25) is 4.79 Å². The molecule has 4 nitrogen and oxygen atoms in total. The van der Waals surface area contributed by atoms with E-state index in [0.29, 0.717) is 31.9 Å². The van der Waals surface area contributed by atoms with Gasteiger partial charge in [0.1, 0.15) is 0 Å². The molecular weight excluding hydrogens is 371 g/mol. The number of halogens is 3. The lowest BCUT2D eigenvalue weighted by molar-refractivity contribution is 0.0955. The normalized spacial score (nSPS) is 11.1. The standard InChI is InChI=1S/C17H15Cl3N2O2/c1-10(2)24-16-14(19)7-11(8-15(16)20)9-21-22-17(23)12-5-3-4-6-13(12)18/h3-10H,1-2H3,(H,22,23)/b21-9-. The Labute approximate surface area is 155 Å². The Morgan fingerprint density at radius 1 is 1.12 bits per heavy atom. The van der Waals surface area contributed by atoms with Crippen LogP contribution in [-0.4, -0.2) is 18.2 Å². The minimum absolute atomic E-state index is 0.0468. The zero-order valence-electron chi connectivity index (χ0n) is 13.0. The van der Waals surface area contributed by atoms with E-state index < -0.39 is 5.91 Å². The number of nitrogens with zero attached hydrogens (tertiary/aromatic N) is 1.